The lowest BCUT2D eigenvalue weighted by molar-refractivity contribution is -0.142. The van der Waals surface area contributed by atoms with E-state index in [1.165, 1.54) is 0 Å². The summed E-state index contributed by atoms with van der Waals surface area (Å²) in [6, 6.07) is 5.13. The van der Waals surface area contributed by atoms with E-state index in [-0.39, 0.29) is 17.7 Å². The third-order valence-corrected chi connectivity index (χ3v) is 5.26. The number of amides is 1. The topological polar surface area (TPSA) is 66.4 Å². The Balaban J connectivity index is 1.95. The third-order valence-electron chi connectivity index (χ3n) is 3.68. The van der Waals surface area contributed by atoms with Crippen LogP contribution >= 0.6 is 34.2 Å². The van der Waals surface area contributed by atoms with Crippen LogP contribution in [0.25, 0.3) is 0 Å². The van der Waals surface area contributed by atoms with E-state index in [0.717, 1.165) is 16.4 Å². The number of nitrogens with one attached hydrogen (secondary N) is 1. The number of hydrogen-bond acceptors (Lipinski definition) is 2. The first-order chi connectivity index (χ1) is 9.49. The molecule has 1 aromatic carbocycles. The maximum absolute atomic E-state index is 12.0. The van der Waals surface area contributed by atoms with Crippen molar-refractivity contribution in [1.29, 1.82) is 0 Å². The minimum atomic E-state index is -0.765. The van der Waals surface area contributed by atoms with Crippen molar-refractivity contribution in [2.75, 3.05) is 6.54 Å². The average molecular weight is 408 g/mol. The van der Waals surface area contributed by atoms with Crippen LogP contribution in [0, 0.1) is 15.4 Å². The molecule has 6 heteroatoms. The maximum atomic E-state index is 12.0. The smallest absolute Gasteiger partial charge is 0.306 e. The molecule has 2 N–H and O–H groups in total. The lowest BCUT2D eigenvalue weighted by Gasteiger charge is -2.16. The number of hydrogen-bond donors (Lipinski definition) is 2. The van der Waals surface area contributed by atoms with Gasteiger partial charge in [0, 0.05) is 15.7 Å². The van der Waals surface area contributed by atoms with Crippen molar-refractivity contribution >= 4 is 46.1 Å². The molecule has 0 aliphatic heterocycles. The van der Waals surface area contributed by atoms with Crippen molar-refractivity contribution in [2.24, 2.45) is 11.8 Å². The van der Waals surface area contributed by atoms with Gasteiger partial charge in [0.05, 0.1) is 10.9 Å². The molecule has 4 nitrogen and oxygen atoms in total. The Bertz CT molecular complexity index is 535. The second-order valence-electron chi connectivity index (χ2n) is 4.97. The zero-order valence-electron chi connectivity index (χ0n) is 10.7. The highest BCUT2D eigenvalue weighted by molar-refractivity contribution is 14.1. The van der Waals surface area contributed by atoms with Gasteiger partial charge in [0.2, 0.25) is 0 Å². The number of carbonyl (C=O) groups is 2. The minimum Gasteiger partial charge on any atom is -0.481 e. The summed E-state index contributed by atoms with van der Waals surface area (Å²) >= 11 is 8.08. The van der Waals surface area contributed by atoms with E-state index in [2.05, 4.69) is 27.9 Å². The van der Waals surface area contributed by atoms with Crippen molar-refractivity contribution < 1.29 is 14.7 Å². The molecule has 20 heavy (non-hydrogen) atoms. The molecule has 0 bridgehead atoms. The first-order valence-electron chi connectivity index (χ1n) is 6.45. The molecule has 2 rings (SSSR count). The Morgan fingerprint density at radius 1 is 1.40 bits per heavy atom. The maximum Gasteiger partial charge on any atom is 0.306 e. The number of carboxylic acid groups (broad SMARTS) is 1. The lowest BCUT2D eigenvalue weighted by Crippen LogP contribution is -2.33. The number of benzene rings is 1. The Labute approximate surface area is 136 Å². The van der Waals surface area contributed by atoms with Crippen LogP contribution < -0.4 is 5.32 Å². The van der Waals surface area contributed by atoms with Crippen LogP contribution in [-0.2, 0) is 4.79 Å². The number of halogens is 2. The molecular formula is C14H15ClINO3. The van der Waals surface area contributed by atoms with Gasteiger partial charge >= 0.3 is 5.97 Å². The van der Waals surface area contributed by atoms with E-state index < -0.39 is 5.97 Å². The van der Waals surface area contributed by atoms with Gasteiger partial charge in [-0.25, -0.2) is 0 Å². The summed E-state index contributed by atoms with van der Waals surface area (Å²) < 4.78 is 0.891. The third kappa shape index (κ3) is 3.63. The predicted molar refractivity (Wildman–Crippen MR) is 85.0 cm³/mol. The van der Waals surface area contributed by atoms with Gasteiger partial charge in [0.25, 0.3) is 5.91 Å². The molecule has 1 amide bonds. The molecule has 1 saturated carbocycles. The summed E-state index contributed by atoms with van der Waals surface area (Å²) in [4.78, 5) is 23.1. The second kappa shape index (κ2) is 6.76. The molecular weight excluding hydrogens is 393 g/mol. The fourth-order valence-corrected chi connectivity index (χ4v) is 3.09. The molecule has 2 unspecified atom stereocenters. The van der Waals surface area contributed by atoms with E-state index in [9.17, 15) is 9.59 Å². The normalized spacial score (nSPS) is 21.7. The number of aliphatic carboxylic acids is 1. The lowest BCUT2D eigenvalue weighted by atomic mass is 9.96. The SMILES string of the molecule is O=C(NCC1CCCC1C(=O)O)c1ccc(I)c(Cl)c1. The van der Waals surface area contributed by atoms with E-state index >= 15 is 0 Å². The van der Waals surface area contributed by atoms with E-state index in [1.807, 2.05) is 0 Å². The van der Waals surface area contributed by atoms with Crippen LogP contribution in [0.1, 0.15) is 29.6 Å². The van der Waals surface area contributed by atoms with Crippen LogP contribution in [0.3, 0.4) is 0 Å². The highest BCUT2D eigenvalue weighted by Crippen LogP contribution is 2.31. The monoisotopic (exact) mass is 407 g/mol. The van der Waals surface area contributed by atoms with E-state index in [4.69, 9.17) is 16.7 Å². The molecule has 0 saturated heterocycles. The standard InChI is InChI=1S/C14H15ClINO3/c15-11-6-8(4-5-12(11)16)13(18)17-7-9-2-1-3-10(9)14(19)20/h4-6,9-10H,1-3,7H2,(H,17,18)(H,19,20). The average Bonchev–Trinajstić information content (AvgIpc) is 2.87. The van der Waals surface area contributed by atoms with Gasteiger partial charge in [-0.1, -0.05) is 18.0 Å². The zero-order valence-corrected chi connectivity index (χ0v) is 13.6. The summed E-state index contributed by atoms with van der Waals surface area (Å²) in [6.07, 6.45) is 2.46. The Morgan fingerprint density at radius 2 is 2.15 bits per heavy atom. The van der Waals surface area contributed by atoms with Crippen molar-refractivity contribution in [3.63, 3.8) is 0 Å². The fourth-order valence-electron chi connectivity index (χ4n) is 2.57. The quantitative estimate of drug-likeness (QED) is 0.754. The van der Waals surface area contributed by atoms with Gasteiger partial charge in [-0.05, 0) is 59.5 Å². The van der Waals surface area contributed by atoms with Gasteiger partial charge in [-0.15, -0.1) is 0 Å². The Hall–Kier alpha value is -0.820. The molecule has 0 spiro atoms. The molecule has 0 radical (unpaired) electrons. The van der Waals surface area contributed by atoms with Crippen LogP contribution in [0.4, 0.5) is 0 Å². The predicted octanol–water partition coefficient (Wildman–Crippen LogP) is 3.18. The van der Waals surface area contributed by atoms with Crippen LogP contribution in [-0.4, -0.2) is 23.5 Å². The summed E-state index contributed by atoms with van der Waals surface area (Å²) in [5.74, 6) is -1.29. The second-order valence-corrected chi connectivity index (χ2v) is 6.54. The van der Waals surface area contributed by atoms with Crippen molar-refractivity contribution in [3.8, 4) is 0 Å². The molecule has 1 aliphatic carbocycles. The van der Waals surface area contributed by atoms with Crippen molar-refractivity contribution in [2.45, 2.75) is 19.3 Å². The summed E-state index contributed by atoms with van der Waals surface area (Å²) in [7, 11) is 0. The summed E-state index contributed by atoms with van der Waals surface area (Å²) in [6.45, 7) is 0.402. The molecule has 2 atom stereocenters. The Kier molecular flexibility index (Phi) is 5.26. The number of rotatable bonds is 4. The summed E-state index contributed by atoms with van der Waals surface area (Å²) in [5.41, 5.74) is 0.500. The molecule has 1 aliphatic rings. The number of carboxylic acids is 1. The van der Waals surface area contributed by atoms with Crippen LogP contribution in [0.2, 0.25) is 5.02 Å². The van der Waals surface area contributed by atoms with Crippen molar-refractivity contribution in [3.05, 3.63) is 32.4 Å². The first kappa shape index (κ1) is 15.6. The zero-order chi connectivity index (χ0) is 14.7. The summed E-state index contributed by atoms with van der Waals surface area (Å²) in [5, 5.41) is 12.5. The minimum absolute atomic E-state index is 0.0239. The highest BCUT2D eigenvalue weighted by atomic mass is 127. The molecule has 0 heterocycles. The van der Waals surface area contributed by atoms with Crippen molar-refractivity contribution in [1.82, 2.24) is 5.32 Å². The molecule has 108 valence electrons. The Morgan fingerprint density at radius 3 is 2.80 bits per heavy atom. The van der Waals surface area contributed by atoms with Gasteiger partial charge < -0.3 is 10.4 Å². The molecule has 0 aromatic heterocycles. The van der Waals surface area contributed by atoms with E-state index in [0.29, 0.717) is 23.6 Å². The highest BCUT2D eigenvalue weighted by Gasteiger charge is 2.32. The first-order valence-corrected chi connectivity index (χ1v) is 7.90. The molecule has 1 fully saturated rings. The van der Waals surface area contributed by atoms with Gasteiger partial charge in [-0.3, -0.25) is 9.59 Å². The number of carbonyl (C=O) groups excluding carboxylic acids is 1. The largest absolute Gasteiger partial charge is 0.481 e. The van der Waals surface area contributed by atoms with Crippen LogP contribution in [0.5, 0.6) is 0 Å². The van der Waals surface area contributed by atoms with Crippen LogP contribution in [0.15, 0.2) is 18.2 Å². The van der Waals surface area contributed by atoms with Gasteiger partial charge in [0.1, 0.15) is 0 Å². The van der Waals surface area contributed by atoms with Gasteiger partial charge in [0.15, 0.2) is 0 Å². The van der Waals surface area contributed by atoms with Gasteiger partial charge in [-0.2, -0.15) is 0 Å². The van der Waals surface area contributed by atoms with E-state index in [1.54, 1.807) is 18.2 Å². The molecule has 1 aromatic rings. The fraction of sp³-hybridized carbons (Fsp3) is 0.429.